The first kappa shape index (κ1) is 15.6. The Hall–Kier alpha value is -0.410. The highest BCUT2D eigenvalue weighted by Gasteiger charge is 2.44. The van der Waals surface area contributed by atoms with Gasteiger partial charge in [-0.05, 0) is 58.2 Å². The molecule has 0 spiro atoms. The summed E-state index contributed by atoms with van der Waals surface area (Å²) in [5, 5.41) is 1.77. The number of ketones is 1. The first-order valence-corrected chi connectivity index (χ1v) is 7.16. The van der Waals surface area contributed by atoms with Gasteiger partial charge in [0.2, 0.25) is 0 Å². The summed E-state index contributed by atoms with van der Waals surface area (Å²) in [5.74, 6) is -0.108. The fourth-order valence-electron chi connectivity index (χ4n) is 2.06. The van der Waals surface area contributed by atoms with E-state index in [1.165, 1.54) is 45.4 Å². The highest BCUT2D eigenvalue weighted by atomic mass is 35.5. The average molecular weight is 276 g/mol. The normalized spacial score (nSPS) is 31.4. The van der Waals surface area contributed by atoms with E-state index in [0.717, 1.165) is 6.42 Å². The fourth-order valence-corrected chi connectivity index (χ4v) is 2.36. The van der Waals surface area contributed by atoms with E-state index in [2.05, 4.69) is 5.32 Å². The molecule has 2 unspecified atom stereocenters. The van der Waals surface area contributed by atoms with E-state index in [9.17, 15) is 9.18 Å². The predicted molar refractivity (Wildman–Crippen MR) is 73.6 cm³/mol. The number of hydrogen-bond acceptors (Lipinski definition) is 2. The zero-order chi connectivity index (χ0) is 13.4. The fraction of sp³-hybridized carbons (Fsp3) is 0.786. The Labute approximate surface area is 114 Å². The van der Waals surface area contributed by atoms with Gasteiger partial charge in [0.05, 0.1) is 0 Å². The van der Waals surface area contributed by atoms with Crippen LogP contribution in [0, 0.1) is 5.92 Å². The van der Waals surface area contributed by atoms with Gasteiger partial charge in [-0.25, -0.2) is 4.39 Å². The van der Waals surface area contributed by atoms with Crippen molar-refractivity contribution in [2.45, 2.75) is 50.6 Å². The third-order valence-corrected chi connectivity index (χ3v) is 3.90. The minimum Gasteiger partial charge on any atom is -0.317 e. The van der Waals surface area contributed by atoms with Gasteiger partial charge in [-0.1, -0.05) is 24.1 Å². The van der Waals surface area contributed by atoms with Gasteiger partial charge >= 0.3 is 0 Å². The molecule has 1 heterocycles. The monoisotopic (exact) mass is 275 g/mol. The van der Waals surface area contributed by atoms with Gasteiger partial charge in [0, 0.05) is 5.92 Å². The van der Waals surface area contributed by atoms with Crippen LogP contribution in [-0.4, -0.2) is 24.0 Å². The van der Waals surface area contributed by atoms with Crippen LogP contribution in [0.15, 0.2) is 12.2 Å². The van der Waals surface area contributed by atoms with Crippen LogP contribution in [0.1, 0.15) is 45.4 Å². The molecule has 1 saturated heterocycles. The highest BCUT2D eigenvalue weighted by Crippen LogP contribution is 2.47. The number of carbonyl (C=O) groups excluding carboxylic acids is 1. The van der Waals surface area contributed by atoms with Crippen molar-refractivity contribution in [2.24, 2.45) is 5.92 Å². The number of piperidine rings is 1. The second-order valence-electron chi connectivity index (χ2n) is 5.06. The average Bonchev–Trinajstić information content (AvgIpc) is 2.36. The molecule has 2 fully saturated rings. The lowest BCUT2D eigenvalue weighted by molar-refractivity contribution is -0.112. The molecule has 1 saturated carbocycles. The van der Waals surface area contributed by atoms with Crippen molar-refractivity contribution in [2.75, 3.05) is 13.1 Å². The van der Waals surface area contributed by atoms with Gasteiger partial charge in [0.15, 0.2) is 10.9 Å². The molecule has 0 aromatic carbocycles. The van der Waals surface area contributed by atoms with Gasteiger partial charge in [-0.2, -0.15) is 0 Å². The van der Waals surface area contributed by atoms with E-state index < -0.39 is 5.13 Å². The number of allylic oxidation sites excluding steroid dienone is 2. The molecule has 1 aliphatic carbocycles. The number of rotatable bonds is 3. The van der Waals surface area contributed by atoms with E-state index in [1.807, 2.05) is 0 Å². The Morgan fingerprint density at radius 1 is 1.44 bits per heavy atom. The SMILES string of the molecule is C1CCNCC1.CC(=O)/C=C/CC1CCC1(F)Cl. The molecule has 0 radical (unpaired) electrons. The van der Waals surface area contributed by atoms with Crippen LogP contribution < -0.4 is 5.32 Å². The summed E-state index contributed by atoms with van der Waals surface area (Å²) in [6, 6.07) is 0. The Balaban J connectivity index is 0.000000225. The molecule has 1 aliphatic heterocycles. The molecule has 2 nitrogen and oxygen atoms in total. The summed E-state index contributed by atoms with van der Waals surface area (Å²) in [7, 11) is 0. The van der Waals surface area contributed by atoms with E-state index >= 15 is 0 Å². The molecular weight excluding hydrogens is 253 g/mol. The third-order valence-electron chi connectivity index (χ3n) is 3.40. The summed E-state index contributed by atoms with van der Waals surface area (Å²) >= 11 is 5.50. The zero-order valence-electron chi connectivity index (χ0n) is 11.1. The predicted octanol–water partition coefficient (Wildman–Crippen LogP) is 3.60. The van der Waals surface area contributed by atoms with Crippen LogP contribution in [-0.2, 0) is 4.79 Å². The van der Waals surface area contributed by atoms with E-state index in [4.69, 9.17) is 11.6 Å². The van der Waals surface area contributed by atoms with E-state index in [1.54, 1.807) is 6.08 Å². The van der Waals surface area contributed by atoms with Crippen LogP contribution in [0.4, 0.5) is 4.39 Å². The largest absolute Gasteiger partial charge is 0.317 e. The molecule has 2 atom stereocenters. The van der Waals surface area contributed by atoms with E-state index in [-0.39, 0.29) is 11.7 Å². The molecule has 0 aromatic heterocycles. The van der Waals surface area contributed by atoms with Crippen LogP contribution in [0.25, 0.3) is 0 Å². The minimum atomic E-state index is -1.51. The lowest BCUT2D eigenvalue weighted by atomic mass is 9.80. The van der Waals surface area contributed by atoms with Crippen molar-refractivity contribution >= 4 is 17.4 Å². The first-order chi connectivity index (χ1) is 8.52. The molecule has 1 N–H and O–H groups in total. The quantitative estimate of drug-likeness (QED) is 0.630. The summed E-state index contributed by atoms with van der Waals surface area (Å²) in [6.45, 7) is 3.97. The lowest BCUT2D eigenvalue weighted by Gasteiger charge is -2.37. The van der Waals surface area contributed by atoms with Crippen molar-refractivity contribution in [3.05, 3.63) is 12.2 Å². The molecule has 4 heteroatoms. The molecule has 2 aliphatic rings. The van der Waals surface area contributed by atoms with Crippen molar-refractivity contribution in [3.63, 3.8) is 0 Å². The van der Waals surface area contributed by atoms with Gasteiger partial charge in [0.1, 0.15) is 0 Å². The summed E-state index contributed by atoms with van der Waals surface area (Å²) < 4.78 is 13.0. The van der Waals surface area contributed by atoms with Crippen LogP contribution in [0.5, 0.6) is 0 Å². The third kappa shape index (κ3) is 5.96. The minimum absolute atomic E-state index is 0.00615. The Morgan fingerprint density at radius 2 is 2.11 bits per heavy atom. The highest BCUT2D eigenvalue weighted by molar-refractivity contribution is 6.23. The van der Waals surface area contributed by atoms with Crippen LogP contribution in [0.2, 0.25) is 0 Å². The maximum absolute atomic E-state index is 13.0. The molecule has 18 heavy (non-hydrogen) atoms. The molecule has 0 amide bonds. The summed E-state index contributed by atoms with van der Waals surface area (Å²) in [5.41, 5.74) is 0. The topological polar surface area (TPSA) is 29.1 Å². The standard InChI is InChI=1S/C9H12ClFO.C5H11N/c1-7(12)3-2-4-8-5-6-9(8,10)11;1-2-4-6-5-3-1/h2-3,8H,4-6H2,1H3;6H,1-5H2/b3-2+;. The second-order valence-corrected chi connectivity index (χ2v) is 5.68. The molecular formula is C14H23ClFNO. The van der Waals surface area contributed by atoms with Crippen molar-refractivity contribution in [3.8, 4) is 0 Å². The lowest BCUT2D eigenvalue weighted by Crippen LogP contribution is -2.37. The van der Waals surface area contributed by atoms with Gasteiger partial charge in [0.25, 0.3) is 0 Å². The number of nitrogens with one attached hydrogen (secondary N) is 1. The first-order valence-electron chi connectivity index (χ1n) is 6.78. The van der Waals surface area contributed by atoms with Crippen LogP contribution in [0.3, 0.4) is 0 Å². The van der Waals surface area contributed by atoms with Crippen molar-refractivity contribution < 1.29 is 9.18 Å². The van der Waals surface area contributed by atoms with E-state index in [0.29, 0.717) is 12.8 Å². The van der Waals surface area contributed by atoms with Gasteiger partial charge in [-0.15, -0.1) is 0 Å². The Kier molecular flexibility index (Phi) is 6.87. The van der Waals surface area contributed by atoms with Crippen LogP contribution >= 0.6 is 11.6 Å². The maximum Gasteiger partial charge on any atom is 0.186 e. The van der Waals surface area contributed by atoms with Gasteiger partial charge < -0.3 is 5.32 Å². The number of carbonyl (C=O) groups is 1. The number of hydrogen-bond donors (Lipinski definition) is 1. The van der Waals surface area contributed by atoms with Gasteiger partial charge in [-0.3, -0.25) is 4.79 Å². The number of alkyl halides is 2. The molecule has 0 aromatic rings. The Morgan fingerprint density at radius 3 is 2.39 bits per heavy atom. The second kappa shape index (κ2) is 7.90. The zero-order valence-corrected chi connectivity index (χ0v) is 11.8. The van der Waals surface area contributed by atoms with Crippen molar-refractivity contribution in [1.29, 1.82) is 0 Å². The maximum atomic E-state index is 13.0. The van der Waals surface area contributed by atoms with Crippen molar-refractivity contribution in [1.82, 2.24) is 5.32 Å². The molecule has 2 rings (SSSR count). The smallest absolute Gasteiger partial charge is 0.186 e. The summed E-state index contributed by atoms with van der Waals surface area (Å²) in [4.78, 5) is 10.5. The summed E-state index contributed by atoms with van der Waals surface area (Å²) in [6.07, 6.45) is 9.20. The Bertz CT molecular complexity index is 276. The molecule has 0 bridgehead atoms. The number of halogens is 2. The molecule has 104 valence electrons.